The highest BCUT2D eigenvalue weighted by molar-refractivity contribution is 5.92. The van der Waals surface area contributed by atoms with Crippen molar-refractivity contribution in [2.75, 3.05) is 18.4 Å². The van der Waals surface area contributed by atoms with Crippen molar-refractivity contribution >= 4 is 11.6 Å². The van der Waals surface area contributed by atoms with E-state index >= 15 is 0 Å². The zero-order valence-electron chi connectivity index (χ0n) is 12.7. The molecular formula is C16H21N5O. The van der Waals surface area contributed by atoms with Gasteiger partial charge in [0.15, 0.2) is 5.82 Å². The van der Waals surface area contributed by atoms with E-state index in [2.05, 4.69) is 20.6 Å². The van der Waals surface area contributed by atoms with Gasteiger partial charge >= 0.3 is 0 Å². The average molecular weight is 299 g/mol. The SMILES string of the molecule is Cc1nccn1-c1ncccc1NC(=O)CCC1CCNC1. The lowest BCUT2D eigenvalue weighted by molar-refractivity contribution is -0.116. The van der Waals surface area contributed by atoms with Crippen molar-refractivity contribution in [1.82, 2.24) is 19.9 Å². The van der Waals surface area contributed by atoms with E-state index in [4.69, 9.17) is 0 Å². The van der Waals surface area contributed by atoms with Crippen LogP contribution in [-0.2, 0) is 4.79 Å². The molecule has 0 bridgehead atoms. The van der Waals surface area contributed by atoms with E-state index in [0.717, 1.165) is 31.0 Å². The van der Waals surface area contributed by atoms with E-state index < -0.39 is 0 Å². The molecule has 3 rings (SSSR count). The van der Waals surface area contributed by atoms with E-state index in [-0.39, 0.29) is 5.91 Å². The van der Waals surface area contributed by atoms with Crippen LogP contribution in [-0.4, -0.2) is 33.5 Å². The number of carbonyl (C=O) groups is 1. The molecule has 0 aliphatic carbocycles. The Hall–Kier alpha value is -2.21. The molecule has 0 saturated carbocycles. The number of pyridine rings is 1. The lowest BCUT2D eigenvalue weighted by Crippen LogP contribution is -2.16. The zero-order valence-corrected chi connectivity index (χ0v) is 12.7. The highest BCUT2D eigenvalue weighted by Crippen LogP contribution is 2.20. The fraction of sp³-hybridized carbons (Fsp3) is 0.438. The summed E-state index contributed by atoms with van der Waals surface area (Å²) >= 11 is 0. The van der Waals surface area contributed by atoms with Crippen molar-refractivity contribution in [3.63, 3.8) is 0 Å². The molecule has 0 radical (unpaired) electrons. The molecule has 1 aliphatic rings. The standard InChI is InChI=1S/C16H21N5O/c1-12-18-9-10-21(12)16-14(3-2-7-19-16)20-15(22)5-4-13-6-8-17-11-13/h2-3,7,9-10,13,17H,4-6,8,11H2,1H3,(H,20,22). The predicted octanol–water partition coefficient (Wildman–Crippen LogP) is 1.90. The first kappa shape index (κ1) is 14.7. The Balaban J connectivity index is 1.67. The monoisotopic (exact) mass is 299 g/mol. The second-order valence-electron chi connectivity index (χ2n) is 5.66. The van der Waals surface area contributed by atoms with Gasteiger partial charge in [-0.15, -0.1) is 0 Å². The first-order chi connectivity index (χ1) is 10.7. The molecule has 6 heteroatoms. The third-order valence-corrected chi connectivity index (χ3v) is 4.06. The second kappa shape index (κ2) is 6.70. The van der Waals surface area contributed by atoms with Crippen molar-refractivity contribution in [2.24, 2.45) is 5.92 Å². The van der Waals surface area contributed by atoms with Gasteiger partial charge in [0.25, 0.3) is 0 Å². The van der Waals surface area contributed by atoms with Gasteiger partial charge in [0, 0.05) is 25.0 Å². The maximum Gasteiger partial charge on any atom is 0.224 e. The van der Waals surface area contributed by atoms with Gasteiger partial charge in [-0.1, -0.05) is 0 Å². The molecule has 3 heterocycles. The lowest BCUT2D eigenvalue weighted by atomic mass is 10.0. The summed E-state index contributed by atoms with van der Waals surface area (Å²) in [4.78, 5) is 20.8. The molecule has 1 amide bonds. The van der Waals surface area contributed by atoms with Crippen LogP contribution in [0.25, 0.3) is 5.82 Å². The molecule has 2 aromatic heterocycles. The molecular weight excluding hydrogens is 278 g/mol. The summed E-state index contributed by atoms with van der Waals surface area (Å²) < 4.78 is 1.87. The van der Waals surface area contributed by atoms with Gasteiger partial charge in [-0.3, -0.25) is 9.36 Å². The molecule has 2 N–H and O–H groups in total. The maximum atomic E-state index is 12.2. The third kappa shape index (κ3) is 3.33. The molecule has 1 unspecified atom stereocenters. The molecule has 116 valence electrons. The normalized spacial score (nSPS) is 17.6. The number of amides is 1. The number of aromatic nitrogens is 3. The molecule has 2 aromatic rings. The Bertz CT molecular complexity index is 645. The molecule has 1 saturated heterocycles. The smallest absolute Gasteiger partial charge is 0.224 e. The quantitative estimate of drug-likeness (QED) is 0.884. The Morgan fingerprint density at radius 3 is 3.09 bits per heavy atom. The van der Waals surface area contributed by atoms with Crippen molar-refractivity contribution in [3.05, 3.63) is 36.5 Å². The van der Waals surface area contributed by atoms with Gasteiger partial charge in [0.1, 0.15) is 5.82 Å². The molecule has 1 aliphatic heterocycles. The number of rotatable bonds is 5. The molecule has 1 fully saturated rings. The van der Waals surface area contributed by atoms with E-state index in [9.17, 15) is 4.79 Å². The Labute approximate surface area is 130 Å². The van der Waals surface area contributed by atoms with Crippen LogP contribution in [0.4, 0.5) is 5.69 Å². The summed E-state index contributed by atoms with van der Waals surface area (Å²) in [5.41, 5.74) is 0.721. The van der Waals surface area contributed by atoms with Gasteiger partial charge in [-0.05, 0) is 50.9 Å². The number of carbonyl (C=O) groups excluding carboxylic acids is 1. The molecule has 1 atom stereocenters. The molecule has 0 aromatic carbocycles. The van der Waals surface area contributed by atoms with Gasteiger partial charge < -0.3 is 10.6 Å². The van der Waals surface area contributed by atoms with Crippen LogP contribution in [0.2, 0.25) is 0 Å². The number of nitrogens with zero attached hydrogens (tertiary/aromatic N) is 3. The summed E-state index contributed by atoms with van der Waals surface area (Å²) in [5, 5.41) is 6.31. The Kier molecular flexibility index (Phi) is 4.48. The third-order valence-electron chi connectivity index (χ3n) is 4.06. The zero-order chi connectivity index (χ0) is 15.4. The summed E-state index contributed by atoms with van der Waals surface area (Å²) in [6, 6.07) is 3.70. The lowest BCUT2D eigenvalue weighted by Gasteiger charge is -2.12. The maximum absolute atomic E-state index is 12.2. The number of imidazole rings is 1. The fourth-order valence-electron chi connectivity index (χ4n) is 2.80. The van der Waals surface area contributed by atoms with E-state index in [1.54, 1.807) is 12.4 Å². The number of anilines is 1. The first-order valence-corrected chi connectivity index (χ1v) is 7.70. The van der Waals surface area contributed by atoms with Crippen molar-refractivity contribution in [2.45, 2.75) is 26.2 Å². The van der Waals surface area contributed by atoms with Crippen molar-refractivity contribution < 1.29 is 4.79 Å². The van der Waals surface area contributed by atoms with Crippen LogP contribution in [0.5, 0.6) is 0 Å². The highest BCUT2D eigenvalue weighted by Gasteiger charge is 2.16. The van der Waals surface area contributed by atoms with Crippen LogP contribution in [0, 0.1) is 12.8 Å². The summed E-state index contributed by atoms with van der Waals surface area (Å²) in [6.07, 6.45) is 7.93. The average Bonchev–Trinajstić information content (AvgIpc) is 3.17. The second-order valence-corrected chi connectivity index (χ2v) is 5.66. The van der Waals surface area contributed by atoms with Gasteiger partial charge in [0.05, 0.1) is 5.69 Å². The van der Waals surface area contributed by atoms with Crippen molar-refractivity contribution in [3.8, 4) is 5.82 Å². The van der Waals surface area contributed by atoms with E-state index in [0.29, 0.717) is 18.2 Å². The molecule has 0 spiro atoms. The van der Waals surface area contributed by atoms with Crippen LogP contribution in [0.1, 0.15) is 25.1 Å². The minimum absolute atomic E-state index is 0.0407. The number of aryl methyl sites for hydroxylation is 1. The fourth-order valence-corrected chi connectivity index (χ4v) is 2.80. The summed E-state index contributed by atoms with van der Waals surface area (Å²) in [5.74, 6) is 2.20. The van der Waals surface area contributed by atoms with Gasteiger partial charge in [-0.25, -0.2) is 9.97 Å². The van der Waals surface area contributed by atoms with E-state index in [1.165, 1.54) is 6.42 Å². The van der Waals surface area contributed by atoms with Crippen LogP contribution in [0.3, 0.4) is 0 Å². The minimum Gasteiger partial charge on any atom is -0.323 e. The topological polar surface area (TPSA) is 71.8 Å². The molecule has 6 nitrogen and oxygen atoms in total. The Morgan fingerprint density at radius 1 is 1.45 bits per heavy atom. The number of hydrogen-bond acceptors (Lipinski definition) is 4. The Morgan fingerprint density at radius 2 is 2.36 bits per heavy atom. The summed E-state index contributed by atoms with van der Waals surface area (Å²) in [6.45, 7) is 4.01. The van der Waals surface area contributed by atoms with Crippen LogP contribution in [0.15, 0.2) is 30.7 Å². The number of hydrogen-bond donors (Lipinski definition) is 2. The van der Waals surface area contributed by atoms with Gasteiger partial charge in [-0.2, -0.15) is 0 Å². The summed E-state index contributed by atoms with van der Waals surface area (Å²) in [7, 11) is 0. The molecule has 22 heavy (non-hydrogen) atoms. The van der Waals surface area contributed by atoms with Crippen molar-refractivity contribution in [1.29, 1.82) is 0 Å². The minimum atomic E-state index is 0.0407. The largest absolute Gasteiger partial charge is 0.323 e. The van der Waals surface area contributed by atoms with Crippen LogP contribution >= 0.6 is 0 Å². The number of nitrogens with one attached hydrogen (secondary N) is 2. The highest BCUT2D eigenvalue weighted by atomic mass is 16.1. The van der Waals surface area contributed by atoms with Gasteiger partial charge in [0.2, 0.25) is 5.91 Å². The predicted molar refractivity (Wildman–Crippen MR) is 84.9 cm³/mol. The van der Waals surface area contributed by atoms with E-state index in [1.807, 2.05) is 29.8 Å². The first-order valence-electron chi connectivity index (χ1n) is 7.70. The van der Waals surface area contributed by atoms with Crippen LogP contribution < -0.4 is 10.6 Å².